The summed E-state index contributed by atoms with van der Waals surface area (Å²) in [5.41, 5.74) is 2.32. The molecule has 1 saturated heterocycles. The maximum Gasteiger partial charge on any atom is 0.254 e. The summed E-state index contributed by atoms with van der Waals surface area (Å²) >= 11 is 0. The first-order valence-corrected chi connectivity index (χ1v) is 9.48. The molecule has 1 aliphatic heterocycles. The Morgan fingerprint density at radius 3 is 2.71 bits per heavy atom. The Balaban J connectivity index is 1.65. The Kier molecular flexibility index (Phi) is 6.09. The van der Waals surface area contributed by atoms with Gasteiger partial charge in [-0.15, -0.1) is 0 Å². The van der Waals surface area contributed by atoms with E-state index in [1.807, 2.05) is 30.0 Å². The van der Waals surface area contributed by atoms with Crippen LogP contribution >= 0.6 is 0 Å². The number of nitrogens with zero attached hydrogens (tertiary/aromatic N) is 3. The zero-order valence-corrected chi connectivity index (χ0v) is 16.4. The molecule has 1 unspecified atom stereocenters. The summed E-state index contributed by atoms with van der Waals surface area (Å²) in [6.07, 6.45) is 3.23. The van der Waals surface area contributed by atoms with Gasteiger partial charge in [0, 0.05) is 43.1 Å². The summed E-state index contributed by atoms with van der Waals surface area (Å²) in [7, 11) is 1.68. The van der Waals surface area contributed by atoms with Crippen LogP contribution in [0.15, 0.2) is 55.1 Å². The molecule has 28 heavy (non-hydrogen) atoms. The van der Waals surface area contributed by atoms with E-state index in [2.05, 4.69) is 16.9 Å². The number of hydrogen-bond donors (Lipinski definition) is 1. The lowest BCUT2D eigenvalue weighted by molar-refractivity contribution is -0.113. The average Bonchev–Trinajstić information content (AvgIpc) is 3.19. The molecule has 1 N–H and O–H groups in total. The Hall–Kier alpha value is -3.15. The minimum absolute atomic E-state index is 0.0192. The van der Waals surface area contributed by atoms with Crippen molar-refractivity contribution in [3.05, 3.63) is 66.4 Å². The van der Waals surface area contributed by atoms with Gasteiger partial charge in [-0.2, -0.15) is 0 Å². The fourth-order valence-electron chi connectivity index (χ4n) is 3.44. The van der Waals surface area contributed by atoms with Gasteiger partial charge < -0.3 is 15.1 Å². The van der Waals surface area contributed by atoms with E-state index in [9.17, 15) is 9.59 Å². The van der Waals surface area contributed by atoms with Crippen LogP contribution in [0.3, 0.4) is 0 Å². The number of aryl methyl sites for hydroxylation is 1. The Labute approximate surface area is 165 Å². The van der Waals surface area contributed by atoms with Gasteiger partial charge in [-0.3, -0.25) is 9.59 Å². The molecule has 0 radical (unpaired) electrons. The van der Waals surface area contributed by atoms with Crippen LogP contribution in [0.2, 0.25) is 0 Å². The first kappa shape index (κ1) is 19.6. The van der Waals surface area contributed by atoms with Gasteiger partial charge in [-0.1, -0.05) is 12.6 Å². The highest BCUT2D eigenvalue weighted by atomic mass is 16.2. The van der Waals surface area contributed by atoms with Crippen molar-refractivity contribution in [3.63, 3.8) is 0 Å². The van der Waals surface area contributed by atoms with Crippen molar-refractivity contribution in [2.75, 3.05) is 30.4 Å². The number of pyridine rings is 1. The maximum absolute atomic E-state index is 13.0. The van der Waals surface area contributed by atoms with Crippen molar-refractivity contribution >= 4 is 23.3 Å². The molecule has 1 aromatic heterocycles. The number of carbonyl (C=O) groups excluding carboxylic acids is 2. The van der Waals surface area contributed by atoms with E-state index in [4.69, 9.17) is 0 Å². The second kappa shape index (κ2) is 8.69. The monoisotopic (exact) mass is 378 g/mol. The highest BCUT2D eigenvalue weighted by Crippen LogP contribution is 2.22. The highest BCUT2D eigenvalue weighted by molar-refractivity contribution is 6.01. The summed E-state index contributed by atoms with van der Waals surface area (Å²) in [5, 5.41) is 3.35. The van der Waals surface area contributed by atoms with Crippen LogP contribution in [0.25, 0.3) is 0 Å². The molecule has 0 saturated carbocycles. The van der Waals surface area contributed by atoms with Crippen molar-refractivity contribution in [1.82, 2.24) is 9.88 Å². The molecule has 0 bridgehead atoms. The lowest BCUT2D eigenvalue weighted by Gasteiger charge is -2.25. The quantitative estimate of drug-likeness (QED) is 0.784. The van der Waals surface area contributed by atoms with Gasteiger partial charge in [0.05, 0.1) is 0 Å². The standard InChI is InChI=1S/C22H26N4O2/c1-4-21(27)25(3)18-12-10-17(11-13-18)22(28)26-14-6-8-19(26)15-23-20-9-5-7-16(2)24-20/h4-5,7,9-13,19H,1,6,8,14-15H2,2-3H3,(H,23,24). The van der Waals surface area contributed by atoms with Crippen molar-refractivity contribution < 1.29 is 9.59 Å². The summed E-state index contributed by atoms with van der Waals surface area (Å²) in [5.74, 6) is 0.666. The van der Waals surface area contributed by atoms with E-state index in [1.54, 1.807) is 31.3 Å². The van der Waals surface area contributed by atoms with E-state index in [0.29, 0.717) is 12.1 Å². The number of likely N-dealkylation sites (tertiary alicyclic amines) is 1. The predicted octanol–water partition coefficient (Wildman–Crippen LogP) is 3.26. The Bertz CT molecular complexity index is 863. The van der Waals surface area contributed by atoms with Crippen LogP contribution in [0.4, 0.5) is 11.5 Å². The smallest absolute Gasteiger partial charge is 0.254 e. The Morgan fingerprint density at radius 2 is 2.04 bits per heavy atom. The van der Waals surface area contributed by atoms with Crippen LogP contribution in [-0.4, -0.2) is 47.9 Å². The molecule has 6 heteroatoms. The molecule has 1 aromatic carbocycles. The van der Waals surface area contributed by atoms with Crippen molar-refractivity contribution in [2.45, 2.75) is 25.8 Å². The van der Waals surface area contributed by atoms with Gasteiger partial charge in [0.2, 0.25) is 5.91 Å². The van der Waals surface area contributed by atoms with Gasteiger partial charge in [-0.25, -0.2) is 4.98 Å². The largest absolute Gasteiger partial charge is 0.368 e. The molecule has 0 aliphatic carbocycles. The van der Waals surface area contributed by atoms with Gasteiger partial charge in [0.25, 0.3) is 5.91 Å². The summed E-state index contributed by atoms with van der Waals surface area (Å²) in [4.78, 5) is 32.6. The molecular formula is C22H26N4O2. The molecule has 2 amide bonds. The number of carbonyl (C=O) groups is 2. The van der Waals surface area contributed by atoms with E-state index in [-0.39, 0.29) is 17.9 Å². The zero-order chi connectivity index (χ0) is 20.1. The van der Waals surface area contributed by atoms with E-state index < -0.39 is 0 Å². The fraction of sp³-hybridized carbons (Fsp3) is 0.318. The molecule has 6 nitrogen and oxygen atoms in total. The number of rotatable bonds is 6. The molecular weight excluding hydrogens is 352 g/mol. The second-order valence-electron chi connectivity index (χ2n) is 6.99. The number of hydrogen-bond acceptors (Lipinski definition) is 4. The average molecular weight is 378 g/mol. The summed E-state index contributed by atoms with van der Waals surface area (Å²) < 4.78 is 0. The molecule has 1 atom stereocenters. The van der Waals surface area contributed by atoms with Gasteiger partial charge in [0.15, 0.2) is 0 Å². The van der Waals surface area contributed by atoms with Gasteiger partial charge in [-0.05, 0) is 62.2 Å². The van der Waals surface area contributed by atoms with Crippen LogP contribution in [0.5, 0.6) is 0 Å². The zero-order valence-electron chi connectivity index (χ0n) is 16.4. The van der Waals surface area contributed by atoms with Crippen LogP contribution in [-0.2, 0) is 4.79 Å². The molecule has 0 spiro atoms. The first-order chi connectivity index (χ1) is 13.5. The van der Waals surface area contributed by atoms with Crippen LogP contribution in [0.1, 0.15) is 28.9 Å². The van der Waals surface area contributed by atoms with Crippen molar-refractivity contribution in [3.8, 4) is 0 Å². The number of likely N-dealkylation sites (N-methyl/N-ethyl adjacent to an activating group) is 1. The number of anilines is 2. The summed E-state index contributed by atoms with van der Waals surface area (Å²) in [6, 6.07) is 13.1. The normalized spacial score (nSPS) is 15.9. The molecule has 2 heterocycles. The number of aromatic nitrogens is 1. The minimum Gasteiger partial charge on any atom is -0.368 e. The highest BCUT2D eigenvalue weighted by Gasteiger charge is 2.29. The lowest BCUT2D eigenvalue weighted by Crippen LogP contribution is -2.39. The number of amides is 2. The molecule has 3 rings (SSSR count). The lowest BCUT2D eigenvalue weighted by atomic mass is 10.1. The van der Waals surface area contributed by atoms with Gasteiger partial charge >= 0.3 is 0 Å². The number of nitrogens with one attached hydrogen (secondary N) is 1. The minimum atomic E-state index is -0.186. The SMILES string of the molecule is C=CC(=O)N(C)c1ccc(C(=O)N2CCCC2CNc2cccc(C)n2)cc1. The number of benzene rings is 1. The third kappa shape index (κ3) is 4.39. The van der Waals surface area contributed by atoms with E-state index in [0.717, 1.165) is 36.6 Å². The first-order valence-electron chi connectivity index (χ1n) is 9.48. The van der Waals surface area contributed by atoms with Gasteiger partial charge in [0.1, 0.15) is 5.82 Å². The van der Waals surface area contributed by atoms with Crippen molar-refractivity contribution in [1.29, 1.82) is 0 Å². The van der Waals surface area contributed by atoms with E-state index in [1.165, 1.54) is 11.0 Å². The third-order valence-electron chi connectivity index (χ3n) is 5.05. The Morgan fingerprint density at radius 1 is 1.29 bits per heavy atom. The molecule has 146 valence electrons. The fourth-order valence-corrected chi connectivity index (χ4v) is 3.44. The van der Waals surface area contributed by atoms with Crippen LogP contribution in [0, 0.1) is 6.92 Å². The molecule has 2 aromatic rings. The van der Waals surface area contributed by atoms with E-state index >= 15 is 0 Å². The third-order valence-corrected chi connectivity index (χ3v) is 5.05. The maximum atomic E-state index is 13.0. The second-order valence-corrected chi connectivity index (χ2v) is 6.99. The molecule has 1 aliphatic rings. The van der Waals surface area contributed by atoms with Crippen LogP contribution < -0.4 is 10.2 Å². The van der Waals surface area contributed by atoms with Crippen molar-refractivity contribution in [2.24, 2.45) is 0 Å². The topological polar surface area (TPSA) is 65.5 Å². The predicted molar refractivity (Wildman–Crippen MR) is 112 cm³/mol. The summed E-state index contributed by atoms with van der Waals surface area (Å²) in [6.45, 7) is 6.88. The molecule has 1 fully saturated rings.